The maximum Gasteiger partial charge on any atom is 0.225 e. The lowest BCUT2D eigenvalue weighted by Gasteiger charge is -2.26. The molecule has 2 N–H and O–H groups in total. The van der Waals surface area contributed by atoms with Gasteiger partial charge in [-0.25, -0.2) is 4.98 Å². The summed E-state index contributed by atoms with van der Waals surface area (Å²) in [5, 5.41) is 0. The molecule has 6 nitrogen and oxygen atoms in total. The van der Waals surface area contributed by atoms with Crippen LogP contribution in [-0.2, 0) is 16.1 Å². The smallest absolute Gasteiger partial charge is 0.225 e. The Morgan fingerprint density at radius 2 is 2.25 bits per heavy atom. The Hall–Kier alpha value is -1.92. The second-order valence-corrected chi connectivity index (χ2v) is 6.25. The molecule has 0 saturated carbocycles. The fourth-order valence-corrected chi connectivity index (χ4v) is 3.59. The molecule has 2 heterocycles. The molecule has 0 radical (unpaired) electrons. The highest BCUT2D eigenvalue weighted by Gasteiger charge is 2.34. The molecular weight excluding hydrogens is 304 g/mol. The number of likely N-dealkylation sites (tertiary alicyclic amines) is 1. The number of aryl methyl sites for hydroxylation is 1. The SMILES string of the molecule is CCn1c(C2CCCN2C(=O)CC(CN)OC)nc2ccccc21. The van der Waals surface area contributed by atoms with Gasteiger partial charge in [-0.2, -0.15) is 0 Å². The zero-order chi connectivity index (χ0) is 17.1. The Morgan fingerprint density at radius 1 is 1.46 bits per heavy atom. The number of aromatic nitrogens is 2. The highest BCUT2D eigenvalue weighted by Crippen LogP contribution is 2.34. The van der Waals surface area contributed by atoms with Crippen LogP contribution in [0, 0.1) is 0 Å². The van der Waals surface area contributed by atoms with Crippen molar-refractivity contribution in [1.29, 1.82) is 0 Å². The van der Waals surface area contributed by atoms with Crippen molar-refractivity contribution < 1.29 is 9.53 Å². The van der Waals surface area contributed by atoms with E-state index in [1.54, 1.807) is 7.11 Å². The number of amides is 1. The van der Waals surface area contributed by atoms with Gasteiger partial charge in [0.15, 0.2) is 0 Å². The van der Waals surface area contributed by atoms with Gasteiger partial charge in [0.25, 0.3) is 0 Å². The molecule has 1 fully saturated rings. The van der Waals surface area contributed by atoms with Crippen LogP contribution in [0.15, 0.2) is 24.3 Å². The van der Waals surface area contributed by atoms with Crippen molar-refractivity contribution in [2.75, 3.05) is 20.2 Å². The number of nitrogens with two attached hydrogens (primary N) is 1. The standard InChI is InChI=1S/C18H26N4O2/c1-3-21-15-8-5-4-7-14(15)20-18(21)16-9-6-10-22(16)17(23)11-13(12-19)24-2/h4-5,7-8,13,16H,3,6,9-12,19H2,1-2H3. The van der Waals surface area contributed by atoms with E-state index >= 15 is 0 Å². The number of imidazole rings is 1. The van der Waals surface area contributed by atoms with Gasteiger partial charge in [0.05, 0.1) is 29.6 Å². The number of hydrogen-bond donors (Lipinski definition) is 1. The molecule has 6 heteroatoms. The fraction of sp³-hybridized carbons (Fsp3) is 0.556. The van der Waals surface area contributed by atoms with Crippen molar-refractivity contribution >= 4 is 16.9 Å². The number of carbonyl (C=O) groups excluding carboxylic acids is 1. The summed E-state index contributed by atoms with van der Waals surface area (Å²) in [6.45, 7) is 4.09. The van der Waals surface area contributed by atoms with Gasteiger partial charge < -0.3 is 19.9 Å². The highest BCUT2D eigenvalue weighted by atomic mass is 16.5. The molecule has 1 aliphatic heterocycles. The van der Waals surface area contributed by atoms with Crippen LogP contribution in [0.25, 0.3) is 11.0 Å². The van der Waals surface area contributed by atoms with E-state index in [0.29, 0.717) is 13.0 Å². The summed E-state index contributed by atoms with van der Waals surface area (Å²) in [6.07, 6.45) is 2.07. The van der Waals surface area contributed by atoms with Crippen LogP contribution in [-0.4, -0.2) is 46.7 Å². The molecule has 2 atom stereocenters. The van der Waals surface area contributed by atoms with Gasteiger partial charge in [-0.15, -0.1) is 0 Å². The third-order valence-corrected chi connectivity index (χ3v) is 4.87. The number of nitrogens with zero attached hydrogens (tertiary/aromatic N) is 3. The molecule has 2 unspecified atom stereocenters. The first-order valence-electron chi connectivity index (χ1n) is 8.67. The van der Waals surface area contributed by atoms with Crippen LogP contribution < -0.4 is 5.73 Å². The normalized spacial score (nSPS) is 19.1. The molecule has 1 aromatic carbocycles. The van der Waals surface area contributed by atoms with Gasteiger partial charge in [0.1, 0.15) is 5.82 Å². The number of hydrogen-bond acceptors (Lipinski definition) is 4. The number of benzene rings is 1. The Kier molecular flexibility index (Phi) is 5.16. The van der Waals surface area contributed by atoms with Crippen LogP contribution in [0.1, 0.15) is 38.1 Å². The number of para-hydroxylation sites is 2. The molecule has 1 amide bonds. The minimum Gasteiger partial charge on any atom is -0.380 e. The second-order valence-electron chi connectivity index (χ2n) is 6.25. The topological polar surface area (TPSA) is 73.4 Å². The first-order chi connectivity index (χ1) is 11.7. The third kappa shape index (κ3) is 3.03. The lowest BCUT2D eigenvalue weighted by atomic mass is 10.1. The predicted molar refractivity (Wildman–Crippen MR) is 93.6 cm³/mol. The average molecular weight is 330 g/mol. The van der Waals surface area contributed by atoms with E-state index in [1.165, 1.54) is 0 Å². The number of carbonyl (C=O) groups is 1. The maximum absolute atomic E-state index is 12.7. The summed E-state index contributed by atoms with van der Waals surface area (Å²) in [4.78, 5) is 19.5. The summed E-state index contributed by atoms with van der Waals surface area (Å²) < 4.78 is 7.49. The zero-order valence-electron chi connectivity index (χ0n) is 14.4. The maximum atomic E-state index is 12.7. The van der Waals surface area contributed by atoms with Crippen LogP contribution in [0.3, 0.4) is 0 Å². The van der Waals surface area contributed by atoms with Crippen molar-refractivity contribution in [3.8, 4) is 0 Å². The average Bonchev–Trinajstić information content (AvgIpc) is 3.23. The van der Waals surface area contributed by atoms with Crippen LogP contribution in [0.2, 0.25) is 0 Å². The van der Waals surface area contributed by atoms with E-state index in [2.05, 4.69) is 17.6 Å². The number of fused-ring (bicyclic) bond motifs is 1. The molecule has 3 rings (SSSR count). The fourth-order valence-electron chi connectivity index (χ4n) is 3.59. The van der Waals surface area contributed by atoms with Gasteiger partial charge in [0.2, 0.25) is 5.91 Å². The Labute approximate surface area is 142 Å². The minimum absolute atomic E-state index is 0.0418. The molecule has 1 aromatic heterocycles. The molecule has 1 aliphatic rings. The Morgan fingerprint density at radius 3 is 2.96 bits per heavy atom. The number of methoxy groups -OCH3 is 1. The predicted octanol–water partition coefficient (Wildman–Crippen LogP) is 2.08. The van der Waals surface area contributed by atoms with Gasteiger partial charge >= 0.3 is 0 Å². The van der Waals surface area contributed by atoms with Crippen molar-refractivity contribution in [3.63, 3.8) is 0 Å². The molecule has 24 heavy (non-hydrogen) atoms. The summed E-state index contributed by atoms with van der Waals surface area (Å²) in [5.74, 6) is 1.09. The minimum atomic E-state index is -0.219. The lowest BCUT2D eigenvalue weighted by molar-refractivity contribution is -0.134. The van der Waals surface area contributed by atoms with E-state index < -0.39 is 0 Å². The van der Waals surface area contributed by atoms with Crippen LogP contribution in [0.5, 0.6) is 0 Å². The van der Waals surface area contributed by atoms with Gasteiger partial charge in [0, 0.05) is 26.7 Å². The van der Waals surface area contributed by atoms with E-state index in [4.69, 9.17) is 15.5 Å². The van der Waals surface area contributed by atoms with Crippen LogP contribution in [0.4, 0.5) is 0 Å². The zero-order valence-corrected chi connectivity index (χ0v) is 14.4. The van der Waals surface area contributed by atoms with Crippen molar-refractivity contribution in [2.24, 2.45) is 5.73 Å². The number of ether oxygens (including phenoxy) is 1. The summed E-state index contributed by atoms with van der Waals surface area (Å²) in [7, 11) is 1.60. The van der Waals surface area contributed by atoms with Crippen molar-refractivity contribution in [1.82, 2.24) is 14.5 Å². The highest BCUT2D eigenvalue weighted by molar-refractivity contribution is 5.79. The van der Waals surface area contributed by atoms with E-state index in [1.807, 2.05) is 23.1 Å². The lowest BCUT2D eigenvalue weighted by Crippen LogP contribution is -2.36. The van der Waals surface area contributed by atoms with E-state index in [-0.39, 0.29) is 18.1 Å². The molecule has 130 valence electrons. The molecule has 0 spiro atoms. The molecule has 2 aromatic rings. The van der Waals surface area contributed by atoms with Gasteiger partial charge in [-0.3, -0.25) is 4.79 Å². The van der Waals surface area contributed by atoms with E-state index in [9.17, 15) is 4.79 Å². The van der Waals surface area contributed by atoms with E-state index in [0.717, 1.165) is 42.8 Å². The second kappa shape index (κ2) is 7.32. The molecule has 0 aliphatic carbocycles. The Bertz CT molecular complexity index is 708. The molecule has 0 bridgehead atoms. The summed E-state index contributed by atoms with van der Waals surface area (Å²) in [6, 6.07) is 8.19. The molecular formula is C18H26N4O2. The first kappa shape index (κ1) is 16.9. The quantitative estimate of drug-likeness (QED) is 0.880. The number of rotatable bonds is 6. The van der Waals surface area contributed by atoms with Crippen LogP contribution >= 0.6 is 0 Å². The Balaban J connectivity index is 1.89. The first-order valence-corrected chi connectivity index (χ1v) is 8.67. The van der Waals surface area contributed by atoms with Gasteiger partial charge in [-0.1, -0.05) is 12.1 Å². The monoisotopic (exact) mass is 330 g/mol. The van der Waals surface area contributed by atoms with Gasteiger partial charge in [-0.05, 0) is 31.9 Å². The van der Waals surface area contributed by atoms with Crippen molar-refractivity contribution in [2.45, 2.75) is 44.9 Å². The summed E-state index contributed by atoms with van der Waals surface area (Å²) >= 11 is 0. The largest absolute Gasteiger partial charge is 0.380 e. The van der Waals surface area contributed by atoms with Crippen molar-refractivity contribution in [3.05, 3.63) is 30.1 Å². The third-order valence-electron chi connectivity index (χ3n) is 4.87. The molecule has 1 saturated heterocycles. The summed E-state index contributed by atoms with van der Waals surface area (Å²) in [5.41, 5.74) is 7.78.